The van der Waals surface area contributed by atoms with Crippen molar-refractivity contribution < 1.29 is 46.1 Å². The molecule has 0 saturated carbocycles. The number of esters is 3. The molecule has 0 radical (unpaired) electrons. The monoisotopic (exact) mass is 655 g/mol. The summed E-state index contributed by atoms with van der Waals surface area (Å²) in [5, 5.41) is 0. The Bertz CT molecular complexity index is 1650. The lowest BCUT2D eigenvalue weighted by Gasteiger charge is -2.48. The zero-order valence-electron chi connectivity index (χ0n) is 26.4. The second kappa shape index (κ2) is 14.0. The molecule has 1 fully saturated rings. The Hall–Kier alpha value is -4.29. The Morgan fingerprint density at radius 3 is 2.17 bits per heavy atom. The Labute approximate surface area is 268 Å². The Balaban J connectivity index is 1.52. The summed E-state index contributed by atoms with van der Waals surface area (Å²) < 4.78 is 64.1. The van der Waals surface area contributed by atoms with E-state index in [1.807, 2.05) is 30.3 Å². The molecular formula is C34H38FNO9S. The van der Waals surface area contributed by atoms with E-state index < -0.39 is 57.0 Å². The van der Waals surface area contributed by atoms with E-state index in [0.29, 0.717) is 11.3 Å². The highest BCUT2D eigenvalue weighted by Crippen LogP contribution is 2.40. The van der Waals surface area contributed by atoms with Crippen molar-refractivity contribution in [1.82, 2.24) is 4.31 Å². The lowest BCUT2D eigenvalue weighted by atomic mass is 9.87. The molecule has 0 aliphatic carbocycles. The van der Waals surface area contributed by atoms with Gasteiger partial charge < -0.3 is 18.9 Å². The minimum atomic E-state index is -4.03. The molecule has 0 spiro atoms. The first-order valence-electron chi connectivity index (χ1n) is 14.8. The van der Waals surface area contributed by atoms with Gasteiger partial charge in [0.15, 0.2) is 11.5 Å². The summed E-state index contributed by atoms with van der Waals surface area (Å²) in [7, 11) is -4.03. The standard InChI is InChI=1S/C34H38FNO9S/c1-6-42-30(37)29(31(38)43-23(2)44-32(39)33(3,4)5)20-24-11-10-14-28(19-24)46(40,41)36-21-34(22-36,25-12-8-7-9-13-25)45-27-17-15-26(35)16-18-27/h7-19,23,29H,6,20-22H2,1-5H3. The summed E-state index contributed by atoms with van der Waals surface area (Å²) in [5.41, 5.74) is -0.710. The molecule has 0 bridgehead atoms. The van der Waals surface area contributed by atoms with Crippen molar-refractivity contribution in [2.45, 2.75) is 57.8 Å². The summed E-state index contributed by atoms with van der Waals surface area (Å²) in [5.74, 6) is -3.90. The quantitative estimate of drug-likeness (QED) is 0.151. The predicted octanol–water partition coefficient (Wildman–Crippen LogP) is 5.00. The van der Waals surface area contributed by atoms with Gasteiger partial charge in [-0.15, -0.1) is 0 Å². The van der Waals surface area contributed by atoms with Crippen molar-refractivity contribution in [3.05, 3.63) is 95.8 Å². The van der Waals surface area contributed by atoms with E-state index in [-0.39, 0.29) is 31.0 Å². The molecule has 1 aliphatic heterocycles. The number of halogens is 1. The van der Waals surface area contributed by atoms with Gasteiger partial charge in [-0.25, -0.2) is 12.8 Å². The lowest BCUT2D eigenvalue weighted by Crippen LogP contribution is -2.64. The number of carbonyl (C=O) groups is 3. The van der Waals surface area contributed by atoms with Gasteiger partial charge in [0.2, 0.25) is 16.3 Å². The molecule has 2 atom stereocenters. The van der Waals surface area contributed by atoms with Crippen LogP contribution in [-0.2, 0) is 50.6 Å². The van der Waals surface area contributed by atoms with Crippen LogP contribution in [0.4, 0.5) is 4.39 Å². The van der Waals surface area contributed by atoms with Crippen molar-refractivity contribution in [2.24, 2.45) is 11.3 Å². The minimum Gasteiger partial charge on any atom is -0.480 e. The van der Waals surface area contributed by atoms with E-state index in [1.165, 1.54) is 53.7 Å². The Kier molecular flexibility index (Phi) is 10.5. The number of benzene rings is 3. The molecule has 1 heterocycles. The second-order valence-electron chi connectivity index (χ2n) is 12.0. The molecule has 3 aromatic rings. The molecule has 12 heteroatoms. The molecular weight excluding hydrogens is 617 g/mol. The zero-order valence-corrected chi connectivity index (χ0v) is 27.2. The van der Waals surface area contributed by atoms with Crippen LogP contribution in [0.15, 0.2) is 83.8 Å². The van der Waals surface area contributed by atoms with E-state index >= 15 is 0 Å². The SMILES string of the molecule is CCOC(=O)C(Cc1cccc(S(=O)(=O)N2CC(Oc3ccc(F)cc3)(c3ccccc3)C2)c1)C(=O)OC(C)OC(=O)C(C)(C)C. The fraction of sp³-hybridized carbons (Fsp3) is 0.382. The van der Waals surface area contributed by atoms with Gasteiger partial charge in [0, 0.05) is 6.92 Å². The number of nitrogens with zero attached hydrogens (tertiary/aromatic N) is 1. The lowest BCUT2D eigenvalue weighted by molar-refractivity contribution is -0.194. The van der Waals surface area contributed by atoms with Gasteiger partial charge >= 0.3 is 17.9 Å². The zero-order chi connectivity index (χ0) is 33.7. The summed E-state index contributed by atoms with van der Waals surface area (Å²) >= 11 is 0. The van der Waals surface area contributed by atoms with E-state index in [4.69, 9.17) is 18.9 Å². The molecule has 1 aliphatic rings. The number of ether oxygens (including phenoxy) is 4. The topological polar surface area (TPSA) is 126 Å². The molecule has 46 heavy (non-hydrogen) atoms. The molecule has 1 saturated heterocycles. The molecule has 246 valence electrons. The number of hydrogen-bond acceptors (Lipinski definition) is 9. The third-order valence-electron chi connectivity index (χ3n) is 7.29. The maximum absolute atomic E-state index is 13.8. The highest BCUT2D eigenvalue weighted by atomic mass is 32.2. The highest BCUT2D eigenvalue weighted by molar-refractivity contribution is 7.89. The summed E-state index contributed by atoms with van der Waals surface area (Å²) in [4.78, 5) is 38.0. The summed E-state index contributed by atoms with van der Waals surface area (Å²) in [6, 6.07) is 20.6. The van der Waals surface area contributed by atoms with Gasteiger partial charge in [0.1, 0.15) is 11.6 Å². The number of rotatable bonds is 12. The number of carbonyl (C=O) groups excluding carboxylic acids is 3. The van der Waals surface area contributed by atoms with Gasteiger partial charge in [0.25, 0.3) is 0 Å². The minimum absolute atomic E-state index is 0.00368. The van der Waals surface area contributed by atoms with Crippen molar-refractivity contribution >= 4 is 27.9 Å². The fourth-order valence-electron chi connectivity index (χ4n) is 4.79. The Morgan fingerprint density at radius 2 is 1.57 bits per heavy atom. The average Bonchev–Trinajstić information content (AvgIpc) is 2.98. The third kappa shape index (κ3) is 8.10. The molecule has 4 rings (SSSR count). The first kappa shape index (κ1) is 34.6. The van der Waals surface area contributed by atoms with E-state index in [2.05, 4.69) is 0 Å². The molecule has 3 aromatic carbocycles. The summed E-state index contributed by atoms with van der Waals surface area (Å²) in [6.45, 7) is 7.87. The smallest absolute Gasteiger partial charge is 0.323 e. The van der Waals surface area contributed by atoms with Crippen molar-refractivity contribution in [1.29, 1.82) is 0 Å². The van der Waals surface area contributed by atoms with Crippen LogP contribution in [0.2, 0.25) is 0 Å². The van der Waals surface area contributed by atoms with Gasteiger partial charge in [-0.1, -0.05) is 42.5 Å². The van der Waals surface area contributed by atoms with Crippen LogP contribution >= 0.6 is 0 Å². The van der Waals surface area contributed by atoms with Gasteiger partial charge in [-0.3, -0.25) is 14.4 Å². The van der Waals surface area contributed by atoms with Crippen LogP contribution in [-0.4, -0.2) is 56.6 Å². The van der Waals surface area contributed by atoms with E-state index in [9.17, 15) is 27.2 Å². The second-order valence-corrected chi connectivity index (χ2v) is 13.9. The first-order valence-corrected chi connectivity index (χ1v) is 16.3. The third-order valence-corrected chi connectivity index (χ3v) is 9.08. The maximum atomic E-state index is 13.8. The molecule has 0 amide bonds. The Morgan fingerprint density at radius 1 is 0.913 bits per heavy atom. The van der Waals surface area contributed by atoms with Crippen LogP contribution < -0.4 is 4.74 Å². The largest absolute Gasteiger partial charge is 0.480 e. The molecule has 0 aromatic heterocycles. The van der Waals surface area contributed by atoms with Crippen molar-refractivity contribution in [3.63, 3.8) is 0 Å². The number of hydrogen-bond donors (Lipinski definition) is 0. The van der Waals surface area contributed by atoms with Crippen molar-refractivity contribution in [3.8, 4) is 5.75 Å². The average molecular weight is 656 g/mol. The van der Waals surface area contributed by atoms with Crippen LogP contribution in [0.25, 0.3) is 0 Å². The summed E-state index contributed by atoms with van der Waals surface area (Å²) in [6.07, 6.45) is -1.49. The number of sulfonamides is 1. The van der Waals surface area contributed by atoms with Crippen molar-refractivity contribution in [2.75, 3.05) is 19.7 Å². The fourth-order valence-corrected chi connectivity index (χ4v) is 6.40. The first-order chi connectivity index (χ1) is 21.6. The molecule has 0 N–H and O–H groups in total. The normalized spacial score (nSPS) is 16.0. The van der Waals surface area contributed by atoms with Crippen LogP contribution in [0.5, 0.6) is 5.75 Å². The van der Waals surface area contributed by atoms with E-state index in [0.717, 1.165) is 5.56 Å². The van der Waals surface area contributed by atoms with Gasteiger partial charge in [-0.2, -0.15) is 4.31 Å². The molecule has 10 nitrogen and oxygen atoms in total. The maximum Gasteiger partial charge on any atom is 0.323 e. The van der Waals surface area contributed by atoms with Gasteiger partial charge in [0.05, 0.1) is 30.0 Å². The van der Waals surface area contributed by atoms with Crippen LogP contribution in [0.1, 0.15) is 45.7 Å². The van der Waals surface area contributed by atoms with Gasteiger partial charge in [-0.05, 0) is 81.6 Å². The molecule has 2 unspecified atom stereocenters. The van der Waals surface area contributed by atoms with E-state index in [1.54, 1.807) is 33.8 Å². The highest BCUT2D eigenvalue weighted by Gasteiger charge is 2.52. The van der Waals surface area contributed by atoms with Crippen LogP contribution in [0, 0.1) is 17.2 Å². The predicted molar refractivity (Wildman–Crippen MR) is 165 cm³/mol. The van der Waals surface area contributed by atoms with Crippen LogP contribution in [0.3, 0.4) is 0 Å².